The summed E-state index contributed by atoms with van der Waals surface area (Å²) in [7, 11) is 6.07. The molecule has 0 saturated carbocycles. The number of nitrogens with zero attached hydrogens (tertiary/aromatic N) is 3. The van der Waals surface area contributed by atoms with Crippen molar-refractivity contribution < 1.29 is 0 Å². The van der Waals surface area contributed by atoms with E-state index < -0.39 is 0 Å². The first-order valence-corrected chi connectivity index (χ1v) is 7.21. The predicted molar refractivity (Wildman–Crippen MR) is 86.5 cm³/mol. The third kappa shape index (κ3) is 5.33. The zero-order valence-electron chi connectivity index (χ0n) is 13.9. The van der Waals surface area contributed by atoms with Crippen molar-refractivity contribution in [2.75, 3.05) is 38.3 Å². The molecule has 0 fully saturated rings. The molecule has 0 aliphatic carbocycles. The molecule has 0 radical (unpaired) electrons. The lowest BCUT2D eigenvalue weighted by molar-refractivity contribution is 0.390. The van der Waals surface area contributed by atoms with E-state index in [1.165, 1.54) is 0 Å². The first kappa shape index (κ1) is 16.7. The molecule has 2 N–H and O–H groups in total. The maximum atomic E-state index is 4.64. The summed E-state index contributed by atoms with van der Waals surface area (Å²) >= 11 is 0. The fraction of sp³-hybridized carbons (Fsp3) is 0.733. The Balaban J connectivity index is 2.84. The van der Waals surface area contributed by atoms with Crippen molar-refractivity contribution in [3.8, 4) is 0 Å². The molecular formula is C15H29N5. The molecule has 0 amide bonds. The molecule has 0 bridgehead atoms. The Kier molecular flexibility index (Phi) is 5.74. The van der Waals surface area contributed by atoms with E-state index in [1.54, 1.807) is 0 Å². The maximum Gasteiger partial charge on any atom is 0.138 e. The van der Waals surface area contributed by atoms with Gasteiger partial charge in [0.1, 0.15) is 17.5 Å². The lowest BCUT2D eigenvalue weighted by atomic mass is 9.96. The highest BCUT2D eigenvalue weighted by molar-refractivity contribution is 5.48. The van der Waals surface area contributed by atoms with Gasteiger partial charge in [0.2, 0.25) is 0 Å². The molecule has 1 aromatic heterocycles. The number of aromatic nitrogens is 2. The van der Waals surface area contributed by atoms with Gasteiger partial charge in [-0.3, -0.25) is 0 Å². The van der Waals surface area contributed by atoms with Crippen LogP contribution in [0.5, 0.6) is 0 Å². The second kappa shape index (κ2) is 6.88. The number of nitrogens with one attached hydrogen (secondary N) is 2. The van der Waals surface area contributed by atoms with Gasteiger partial charge in [-0.25, -0.2) is 9.97 Å². The summed E-state index contributed by atoms with van der Waals surface area (Å²) in [5.74, 6) is 2.60. The average Bonchev–Trinajstić information content (AvgIpc) is 2.34. The van der Waals surface area contributed by atoms with Crippen LogP contribution in [0, 0.1) is 0 Å². The van der Waals surface area contributed by atoms with Crippen LogP contribution in [-0.2, 0) is 5.41 Å². The van der Waals surface area contributed by atoms with Gasteiger partial charge in [0.05, 0.1) is 0 Å². The average molecular weight is 279 g/mol. The van der Waals surface area contributed by atoms with E-state index in [-0.39, 0.29) is 5.41 Å². The minimum Gasteiger partial charge on any atom is -0.373 e. The number of hydrogen-bond donors (Lipinski definition) is 2. The molecule has 5 heteroatoms. The van der Waals surface area contributed by atoms with Crippen molar-refractivity contribution in [1.82, 2.24) is 14.9 Å². The smallest absolute Gasteiger partial charge is 0.138 e. The van der Waals surface area contributed by atoms with E-state index in [4.69, 9.17) is 0 Å². The quantitative estimate of drug-likeness (QED) is 0.838. The van der Waals surface area contributed by atoms with Gasteiger partial charge in [0.25, 0.3) is 0 Å². The summed E-state index contributed by atoms with van der Waals surface area (Å²) in [6.07, 6.45) is 1.08. The van der Waals surface area contributed by atoms with E-state index in [0.29, 0.717) is 6.04 Å². The second-order valence-electron chi connectivity index (χ2n) is 6.60. The van der Waals surface area contributed by atoms with Crippen LogP contribution in [0.4, 0.5) is 11.6 Å². The third-order valence-corrected chi connectivity index (χ3v) is 3.06. The van der Waals surface area contributed by atoms with Crippen molar-refractivity contribution in [3.05, 3.63) is 11.9 Å². The Labute approximate surface area is 123 Å². The molecule has 0 aromatic carbocycles. The lowest BCUT2D eigenvalue weighted by Gasteiger charge is -2.21. The van der Waals surface area contributed by atoms with Crippen molar-refractivity contribution in [1.29, 1.82) is 0 Å². The number of anilines is 2. The number of hydrogen-bond acceptors (Lipinski definition) is 5. The first-order chi connectivity index (χ1) is 9.22. The topological polar surface area (TPSA) is 53.1 Å². The Morgan fingerprint density at radius 1 is 1.20 bits per heavy atom. The van der Waals surface area contributed by atoms with Crippen molar-refractivity contribution in [3.63, 3.8) is 0 Å². The zero-order chi connectivity index (χ0) is 15.3. The molecular weight excluding hydrogens is 250 g/mol. The molecule has 1 atom stereocenters. The number of rotatable bonds is 6. The van der Waals surface area contributed by atoms with Crippen LogP contribution in [0.2, 0.25) is 0 Å². The van der Waals surface area contributed by atoms with Crippen LogP contribution in [-0.4, -0.2) is 48.6 Å². The minimum atomic E-state index is -0.0594. The summed E-state index contributed by atoms with van der Waals surface area (Å²) in [6, 6.07) is 2.34. The van der Waals surface area contributed by atoms with Gasteiger partial charge < -0.3 is 15.5 Å². The van der Waals surface area contributed by atoms with E-state index in [9.17, 15) is 0 Å². The predicted octanol–water partition coefficient (Wildman–Crippen LogP) is 2.57. The van der Waals surface area contributed by atoms with Crippen LogP contribution in [0.1, 0.15) is 39.9 Å². The molecule has 20 heavy (non-hydrogen) atoms. The van der Waals surface area contributed by atoms with Crippen LogP contribution < -0.4 is 10.6 Å². The van der Waals surface area contributed by atoms with E-state index >= 15 is 0 Å². The zero-order valence-corrected chi connectivity index (χ0v) is 13.9. The fourth-order valence-electron chi connectivity index (χ4n) is 1.76. The molecule has 0 aliphatic rings. The van der Waals surface area contributed by atoms with E-state index in [0.717, 1.165) is 30.4 Å². The Morgan fingerprint density at radius 3 is 2.30 bits per heavy atom. The minimum absolute atomic E-state index is 0.0594. The standard InChI is InChI=1S/C15H29N5/c1-11(8-9-20(6)7)17-13-10-12(16-5)18-14(19-13)15(2,3)4/h10-11H,8-9H2,1-7H3,(H2,16,17,18,19). The van der Waals surface area contributed by atoms with Gasteiger partial charge in [-0.1, -0.05) is 20.8 Å². The molecule has 0 saturated heterocycles. The van der Waals surface area contributed by atoms with E-state index in [2.05, 4.69) is 67.3 Å². The lowest BCUT2D eigenvalue weighted by Crippen LogP contribution is -2.24. The monoisotopic (exact) mass is 279 g/mol. The molecule has 1 aromatic rings. The Bertz CT molecular complexity index is 423. The first-order valence-electron chi connectivity index (χ1n) is 7.21. The van der Waals surface area contributed by atoms with Crippen molar-refractivity contribution in [2.45, 2.75) is 45.6 Å². The highest BCUT2D eigenvalue weighted by Gasteiger charge is 2.19. The fourth-order valence-corrected chi connectivity index (χ4v) is 1.76. The summed E-state index contributed by atoms with van der Waals surface area (Å²) in [6.45, 7) is 9.62. The summed E-state index contributed by atoms with van der Waals surface area (Å²) in [4.78, 5) is 11.4. The molecule has 0 aliphatic heterocycles. The highest BCUT2D eigenvalue weighted by atomic mass is 15.1. The summed E-state index contributed by atoms with van der Waals surface area (Å²) in [5, 5.41) is 6.57. The van der Waals surface area contributed by atoms with Crippen LogP contribution >= 0.6 is 0 Å². The molecule has 1 unspecified atom stereocenters. The highest BCUT2D eigenvalue weighted by Crippen LogP contribution is 2.22. The van der Waals surface area contributed by atoms with Gasteiger partial charge in [-0.2, -0.15) is 0 Å². The van der Waals surface area contributed by atoms with Gasteiger partial charge in [0.15, 0.2) is 0 Å². The van der Waals surface area contributed by atoms with Crippen LogP contribution in [0.3, 0.4) is 0 Å². The van der Waals surface area contributed by atoms with Crippen molar-refractivity contribution >= 4 is 11.6 Å². The molecule has 1 heterocycles. The third-order valence-electron chi connectivity index (χ3n) is 3.06. The normalized spacial score (nSPS) is 13.4. The van der Waals surface area contributed by atoms with Crippen LogP contribution in [0.25, 0.3) is 0 Å². The maximum absolute atomic E-state index is 4.64. The molecule has 0 spiro atoms. The van der Waals surface area contributed by atoms with Gasteiger partial charge in [-0.05, 0) is 34.0 Å². The summed E-state index contributed by atoms with van der Waals surface area (Å²) < 4.78 is 0. The SMILES string of the molecule is CNc1cc(NC(C)CCN(C)C)nc(C(C)(C)C)n1. The molecule has 1 rings (SSSR count). The molecule has 5 nitrogen and oxygen atoms in total. The Morgan fingerprint density at radius 2 is 1.80 bits per heavy atom. The Hall–Kier alpha value is -1.36. The van der Waals surface area contributed by atoms with Crippen LogP contribution in [0.15, 0.2) is 6.07 Å². The van der Waals surface area contributed by atoms with Gasteiger partial charge in [0, 0.05) is 24.6 Å². The largest absolute Gasteiger partial charge is 0.373 e. The van der Waals surface area contributed by atoms with Gasteiger partial charge in [-0.15, -0.1) is 0 Å². The second-order valence-corrected chi connectivity index (χ2v) is 6.60. The van der Waals surface area contributed by atoms with Gasteiger partial charge >= 0.3 is 0 Å². The molecule has 114 valence electrons. The summed E-state index contributed by atoms with van der Waals surface area (Å²) in [5.41, 5.74) is -0.0594. The van der Waals surface area contributed by atoms with Crippen molar-refractivity contribution in [2.24, 2.45) is 0 Å². The van der Waals surface area contributed by atoms with E-state index in [1.807, 2.05) is 13.1 Å².